The van der Waals surface area contributed by atoms with Gasteiger partial charge in [-0.15, -0.1) is 0 Å². The van der Waals surface area contributed by atoms with Crippen molar-refractivity contribution in [2.75, 3.05) is 0 Å². The minimum Gasteiger partial charge on any atom is -0.423 e. The fourth-order valence-corrected chi connectivity index (χ4v) is 4.04. The molecule has 31 heavy (non-hydrogen) atoms. The Morgan fingerprint density at radius 1 is 1.19 bits per heavy atom. The van der Waals surface area contributed by atoms with E-state index in [9.17, 15) is 14.4 Å². The van der Waals surface area contributed by atoms with Crippen LogP contribution in [0.25, 0.3) is 22.2 Å². The van der Waals surface area contributed by atoms with Gasteiger partial charge in [0.25, 0.3) is 5.56 Å². The van der Waals surface area contributed by atoms with E-state index in [1.165, 1.54) is 0 Å². The van der Waals surface area contributed by atoms with Crippen molar-refractivity contribution in [1.29, 1.82) is 0 Å². The third kappa shape index (κ3) is 3.60. The van der Waals surface area contributed by atoms with E-state index in [0.29, 0.717) is 17.7 Å². The van der Waals surface area contributed by atoms with Crippen molar-refractivity contribution in [2.24, 2.45) is 0 Å². The van der Waals surface area contributed by atoms with Crippen molar-refractivity contribution in [3.05, 3.63) is 63.8 Å². The van der Waals surface area contributed by atoms with Gasteiger partial charge in [0.15, 0.2) is 5.76 Å². The van der Waals surface area contributed by atoms with Crippen molar-refractivity contribution in [2.45, 2.75) is 52.5 Å². The standard InChI is InChI=1S/C24H25N3O4/c1-5-24(4,13-21-20(28)12-22(29)31-21)17-9-10-18(25-23(17)30)15-7-8-16-14(3)26-27(6-2)19(16)11-15/h7-11,13H,5-6,12H2,1-4H3,(H,25,30)/b21-13-. The molecule has 1 aliphatic heterocycles. The minimum absolute atomic E-state index is 0.0199. The summed E-state index contributed by atoms with van der Waals surface area (Å²) in [7, 11) is 0. The second-order valence-corrected chi connectivity index (χ2v) is 8.10. The van der Waals surface area contributed by atoms with Gasteiger partial charge < -0.3 is 9.72 Å². The number of Topliss-reactive ketones (excluding diaryl/α,β-unsaturated/α-hetero) is 1. The van der Waals surface area contributed by atoms with Crippen LogP contribution in [0.15, 0.2) is 47.0 Å². The minimum atomic E-state index is -0.746. The SMILES string of the molecule is CCn1nc(C)c2ccc(-c3ccc(C(C)(/C=C4\OC(=O)CC4=O)CC)c(=O)[nH]3)cc21. The number of rotatable bonds is 5. The number of esters is 1. The molecule has 1 fully saturated rings. The predicted octanol–water partition coefficient (Wildman–Crippen LogP) is 3.79. The number of H-pyrrole nitrogens is 1. The average Bonchev–Trinajstić information content (AvgIpc) is 3.24. The Labute approximate surface area is 179 Å². The van der Waals surface area contributed by atoms with Gasteiger partial charge in [-0.2, -0.15) is 5.10 Å². The zero-order valence-corrected chi connectivity index (χ0v) is 18.1. The van der Waals surface area contributed by atoms with Gasteiger partial charge in [0.05, 0.1) is 11.2 Å². The van der Waals surface area contributed by atoms with Gasteiger partial charge in [-0.3, -0.25) is 19.1 Å². The molecule has 0 saturated carbocycles. The summed E-state index contributed by atoms with van der Waals surface area (Å²) in [6, 6.07) is 9.67. The number of nitrogens with zero attached hydrogens (tertiary/aromatic N) is 2. The molecule has 1 atom stereocenters. The molecule has 7 heteroatoms. The Hall–Kier alpha value is -3.48. The highest BCUT2D eigenvalue weighted by Gasteiger charge is 2.33. The Morgan fingerprint density at radius 2 is 1.97 bits per heavy atom. The van der Waals surface area contributed by atoms with Crippen molar-refractivity contribution < 1.29 is 14.3 Å². The Kier molecular flexibility index (Phi) is 5.13. The summed E-state index contributed by atoms with van der Waals surface area (Å²) in [4.78, 5) is 39.4. The number of aromatic nitrogens is 3. The lowest BCUT2D eigenvalue weighted by Crippen LogP contribution is -2.28. The molecule has 160 valence electrons. The molecule has 1 N–H and O–H groups in total. The fraction of sp³-hybridized carbons (Fsp3) is 0.333. The van der Waals surface area contributed by atoms with Crippen LogP contribution in [0.2, 0.25) is 0 Å². The molecule has 7 nitrogen and oxygen atoms in total. The molecule has 0 bridgehead atoms. The first kappa shape index (κ1) is 20.8. The number of benzene rings is 1. The van der Waals surface area contributed by atoms with Crippen molar-refractivity contribution in [3.63, 3.8) is 0 Å². The number of hydrogen-bond acceptors (Lipinski definition) is 5. The van der Waals surface area contributed by atoms with E-state index in [-0.39, 0.29) is 23.5 Å². The number of nitrogens with one attached hydrogen (secondary N) is 1. The number of aryl methyl sites for hydroxylation is 2. The Morgan fingerprint density at radius 3 is 2.58 bits per heavy atom. The van der Waals surface area contributed by atoms with Crippen LogP contribution in [0.1, 0.15) is 44.9 Å². The number of ketones is 1. The highest BCUT2D eigenvalue weighted by molar-refractivity contribution is 6.10. The summed E-state index contributed by atoms with van der Waals surface area (Å²) < 4.78 is 6.99. The van der Waals surface area contributed by atoms with Crippen molar-refractivity contribution >= 4 is 22.7 Å². The molecule has 1 aromatic carbocycles. The molecule has 4 rings (SSSR count). The number of allylic oxidation sites excluding steroid dienone is 2. The Bertz CT molecular complexity index is 1300. The zero-order valence-electron chi connectivity index (χ0n) is 18.1. The van der Waals surface area contributed by atoms with Gasteiger partial charge in [-0.1, -0.05) is 32.0 Å². The third-order valence-corrected chi connectivity index (χ3v) is 6.06. The molecule has 2 aromatic heterocycles. The largest absolute Gasteiger partial charge is 0.423 e. The third-order valence-electron chi connectivity index (χ3n) is 6.06. The lowest BCUT2D eigenvalue weighted by atomic mass is 9.79. The number of fused-ring (bicyclic) bond motifs is 1. The fourth-order valence-electron chi connectivity index (χ4n) is 4.04. The predicted molar refractivity (Wildman–Crippen MR) is 118 cm³/mol. The summed E-state index contributed by atoms with van der Waals surface area (Å²) in [5, 5.41) is 5.64. The monoisotopic (exact) mass is 419 g/mol. The van der Waals surface area contributed by atoms with Gasteiger partial charge in [0.2, 0.25) is 5.78 Å². The smallest absolute Gasteiger partial charge is 0.319 e. The van der Waals surface area contributed by atoms with E-state index in [0.717, 1.165) is 28.7 Å². The normalized spacial score (nSPS) is 17.4. The number of pyridine rings is 1. The van der Waals surface area contributed by atoms with Crippen LogP contribution in [0.4, 0.5) is 0 Å². The molecular weight excluding hydrogens is 394 g/mol. The number of cyclic esters (lactones) is 1. The molecule has 1 saturated heterocycles. The first-order valence-corrected chi connectivity index (χ1v) is 10.4. The summed E-state index contributed by atoms with van der Waals surface area (Å²) >= 11 is 0. The van der Waals surface area contributed by atoms with Crippen LogP contribution in [-0.4, -0.2) is 26.5 Å². The van der Waals surface area contributed by atoms with E-state index in [2.05, 4.69) is 10.1 Å². The number of carbonyl (C=O) groups is 2. The topological polar surface area (TPSA) is 94.1 Å². The van der Waals surface area contributed by atoms with E-state index >= 15 is 0 Å². The van der Waals surface area contributed by atoms with Gasteiger partial charge in [-0.05, 0) is 38.5 Å². The average molecular weight is 419 g/mol. The summed E-state index contributed by atoms with van der Waals surface area (Å²) in [5.74, 6) is -0.892. The Balaban J connectivity index is 1.75. The summed E-state index contributed by atoms with van der Waals surface area (Å²) in [6.45, 7) is 8.57. The molecule has 1 unspecified atom stereocenters. The van der Waals surface area contributed by atoms with E-state index in [4.69, 9.17) is 4.74 Å². The first-order chi connectivity index (χ1) is 14.8. The molecule has 1 aliphatic rings. The molecule has 0 aliphatic carbocycles. The molecular formula is C24H25N3O4. The van der Waals surface area contributed by atoms with E-state index in [1.54, 1.807) is 12.1 Å². The van der Waals surface area contributed by atoms with E-state index in [1.807, 2.05) is 56.6 Å². The van der Waals surface area contributed by atoms with Crippen molar-refractivity contribution in [3.8, 4) is 11.3 Å². The lowest BCUT2D eigenvalue weighted by molar-refractivity contribution is -0.135. The van der Waals surface area contributed by atoms with Gasteiger partial charge >= 0.3 is 5.97 Å². The van der Waals surface area contributed by atoms with Crippen LogP contribution in [0.5, 0.6) is 0 Å². The van der Waals surface area contributed by atoms with Crippen LogP contribution < -0.4 is 5.56 Å². The van der Waals surface area contributed by atoms with Gasteiger partial charge in [-0.25, -0.2) is 0 Å². The van der Waals surface area contributed by atoms with Crippen molar-refractivity contribution in [1.82, 2.24) is 14.8 Å². The van der Waals surface area contributed by atoms with Crippen LogP contribution >= 0.6 is 0 Å². The summed E-state index contributed by atoms with van der Waals surface area (Å²) in [6.07, 6.45) is 1.90. The second kappa shape index (κ2) is 7.65. The lowest BCUT2D eigenvalue weighted by Gasteiger charge is -2.24. The maximum atomic E-state index is 13.0. The van der Waals surface area contributed by atoms with Crippen LogP contribution in [0, 0.1) is 6.92 Å². The second-order valence-electron chi connectivity index (χ2n) is 8.10. The van der Waals surface area contributed by atoms with Crippen LogP contribution in [0.3, 0.4) is 0 Å². The molecule has 0 amide bonds. The molecule has 0 radical (unpaired) electrons. The molecule has 3 aromatic rings. The number of hydrogen-bond donors (Lipinski definition) is 1. The maximum absolute atomic E-state index is 13.0. The number of aromatic amines is 1. The van der Waals surface area contributed by atoms with Gasteiger partial charge in [0.1, 0.15) is 6.42 Å². The first-order valence-electron chi connectivity index (χ1n) is 10.4. The maximum Gasteiger partial charge on any atom is 0.319 e. The number of ether oxygens (including phenoxy) is 1. The number of carbonyl (C=O) groups excluding carboxylic acids is 2. The molecule has 0 spiro atoms. The van der Waals surface area contributed by atoms with Gasteiger partial charge in [0, 0.05) is 34.2 Å². The molecule has 3 heterocycles. The van der Waals surface area contributed by atoms with E-state index < -0.39 is 11.4 Å². The van der Waals surface area contributed by atoms with Crippen LogP contribution in [-0.2, 0) is 26.3 Å². The summed E-state index contributed by atoms with van der Waals surface area (Å²) in [5.41, 5.74) is 3.11. The highest BCUT2D eigenvalue weighted by Crippen LogP contribution is 2.31. The quantitative estimate of drug-likeness (QED) is 0.386. The zero-order chi connectivity index (χ0) is 22.3. The highest BCUT2D eigenvalue weighted by atomic mass is 16.5.